The Bertz CT molecular complexity index is 577. The van der Waals surface area contributed by atoms with Crippen LogP contribution < -0.4 is 0 Å². The molecule has 0 saturated heterocycles. The summed E-state index contributed by atoms with van der Waals surface area (Å²) in [5.74, 6) is -0.706. The molecule has 1 aromatic heterocycles. The summed E-state index contributed by atoms with van der Waals surface area (Å²) in [7, 11) is -2.36. The zero-order valence-electron chi connectivity index (χ0n) is 12.4. The molecule has 20 heavy (non-hydrogen) atoms. The molecule has 0 radical (unpaired) electrons. The lowest BCUT2D eigenvalue weighted by atomic mass is 10.0. The largest absolute Gasteiger partial charge is 0.462 e. The lowest BCUT2D eigenvalue weighted by molar-refractivity contribution is 0.0521. The van der Waals surface area contributed by atoms with Crippen LogP contribution in [0, 0.1) is 0 Å². The first-order chi connectivity index (χ1) is 9.18. The third-order valence-corrected chi connectivity index (χ3v) is 5.48. The van der Waals surface area contributed by atoms with Gasteiger partial charge >= 0.3 is 5.97 Å². The molecule has 0 aliphatic heterocycles. The number of nitrogens with zero attached hydrogens (tertiary/aromatic N) is 2. The molecular formula is C12H21N3O4S. The Balaban J connectivity index is 3.24. The minimum atomic E-state index is -3.84. The molecule has 1 aromatic rings. The number of carbonyl (C=O) groups is 1. The summed E-state index contributed by atoms with van der Waals surface area (Å²) < 4.78 is 31.2. The fourth-order valence-electron chi connectivity index (χ4n) is 1.51. The second kappa shape index (κ2) is 5.92. The van der Waals surface area contributed by atoms with Crippen molar-refractivity contribution in [2.75, 3.05) is 13.7 Å². The number of hydrogen-bond donors (Lipinski definition) is 1. The molecule has 0 unspecified atom stereocenters. The summed E-state index contributed by atoms with van der Waals surface area (Å²) in [4.78, 5) is 11.7. The van der Waals surface area contributed by atoms with Crippen LogP contribution in [0.1, 0.15) is 44.5 Å². The molecule has 0 spiro atoms. The van der Waals surface area contributed by atoms with E-state index in [2.05, 4.69) is 10.2 Å². The normalized spacial score (nSPS) is 12.7. The van der Waals surface area contributed by atoms with Crippen LogP contribution in [-0.4, -0.2) is 48.1 Å². The molecule has 0 saturated carbocycles. The third-order valence-electron chi connectivity index (χ3n) is 3.44. The van der Waals surface area contributed by atoms with Crippen molar-refractivity contribution in [1.82, 2.24) is 14.5 Å². The van der Waals surface area contributed by atoms with Gasteiger partial charge in [-0.2, -0.15) is 9.40 Å². The van der Waals surface area contributed by atoms with E-state index in [1.165, 1.54) is 11.4 Å². The molecule has 0 aliphatic carbocycles. The lowest BCUT2D eigenvalue weighted by Gasteiger charge is -2.33. The Kier molecular flexibility index (Phi) is 4.93. The van der Waals surface area contributed by atoms with Crippen LogP contribution in [0.5, 0.6) is 0 Å². The minimum Gasteiger partial charge on any atom is -0.462 e. The van der Waals surface area contributed by atoms with Crippen molar-refractivity contribution >= 4 is 16.0 Å². The lowest BCUT2D eigenvalue weighted by Crippen LogP contribution is -2.44. The maximum atomic E-state index is 12.6. The van der Waals surface area contributed by atoms with E-state index in [0.29, 0.717) is 6.42 Å². The average molecular weight is 303 g/mol. The van der Waals surface area contributed by atoms with Gasteiger partial charge in [0.1, 0.15) is 5.56 Å². The first-order valence-electron chi connectivity index (χ1n) is 6.38. The van der Waals surface area contributed by atoms with E-state index < -0.39 is 21.5 Å². The summed E-state index contributed by atoms with van der Waals surface area (Å²) >= 11 is 0. The van der Waals surface area contributed by atoms with Crippen molar-refractivity contribution < 1.29 is 17.9 Å². The summed E-state index contributed by atoms with van der Waals surface area (Å²) in [5, 5.41) is 5.80. The van der Waals surface area contributed by atoms with Crippen molar-refractivity contribution in [3.63, 3.8) is 0 Å². The van der Waals surface area contributed by atoms with E-state index in [1.807, 2.05) is 20.8 Å². The quantitative estimate of drug-likeness (QED) is 0.802. The van der Waals surface area contributed by atoms with Crippen molar-refractivity contribution in [3.8, 4) is 0 Å². The second-order valence-corrected chi connectivity index (χ2v) is 6.88. The van der Waals surface area contributed by atoms with E-state index in [9.17, 15) is 13.2 Å². The summed E-state index contributed by atoms with van der Waals surface area (Å²) in [6, 6.07) is 0. The number of H-pyrrole nitrogens is 1. The summed E-state index contributed by atoms with van der Waals surface area (Å²) in [6.45, 7) is 7.33. The van der Waals surface area contributed by atoms with Crippen LogP contribution in [0.2, 0.25) is 0 Å². The van der Waals surface area contributed by atoms with Gasteiger partial charge in [-0.3, -0.25) is 5.10 Å². The first kappa shape index (κ1) is 16.6. The van der Waals surface area contributed by atoms with Gasteiger partial charge in [0.25, 0.3) is 10.0 Å². The molecule has 0 fully saturated rings. The zero-order chi connectivity index (χ0) is 15.6. The molecule has 0 bridgehead atoms. The van der Waals surface area contributed by atoms with Gasteiger partial charge in [-0.15, -0.1) is 0 Å². The van der Waals surface area contributed by atoms with Crippen LogP contribution in [-0.2, 0) is 14.8 Å². The van der Waals surface area contributed by atoms with Crippen molar-refractivity contribution in [2.45, 2.75) is 44.7 Å². The number of rotatable bonds is 6. The van der Waals surface area contributed by atoms with Gasteiger partial charge in [-0.1, -0.05) is 6.92 Å². The van der Waals surface area contributed by atoms with Gasteiger partial charge in [0.05, 0.1) is 12.8 Å². The number of esters is 1. The van der Waals surface area contributed by atoms with Gasteiger partial charge in [0.15, 0.2) is 5.03 Å². The Labute approximate surface area is 119 Å². The van der Waals surface area contributed by atoms with Crippen LogP contribution >= 0.6 is 0 Å². The first-order valence-corrected chi connectivity index (χ1v) is 7.82. The SMILES string of the molecule is CCOC(=O)c1cn[nH]c1S(=O)(=O)N(C)C(C)(C)CC. The second-order valence-electron chi connectivity index (χ2n) is 4.97. The monoisotopic (exact) mass is 303 g/mol. The standard InChI is InChI=1S/C12H21N3O4S/c1-6-12(3,4)15(5)20(17,18)10-9(8-13-14-10)11(16)19-7-2/h8H,6-7H2,1-5H3,(H,13,14). The molecule has 0 atom stereocenters. The van der Waals surface area contributed by atoms with Crippen LogP contribution in [0.25, 0.3) is 0 Å². The molecule has 1 heterocycles. The fraction of sp³-hybridized carbons (Fsp3) is 0.667. The highest BCUT2D eigenvalue weighted by Crippen LogP contribution is 2.26. The molecule has 1 rings (SSSR count). The minimum absolute atomic E-state index is 0.0781. The number of sulfonamides is 1. The van der Waals surface area contributed by atoms with Crippen LogP contribution in [0.4, 0.5) is 0 Å². The molecule has 7 nitrogen and oxygen atoms in total. The molecule has 0 aromatic carbocycles. The molecule has 1 N–H and O–H groups in total. The number of hydrogen-bond acceptors (Lipinski definition) is 5. The number of carbonyl (C=O) groups excluding carboxylic acids is 1. The van der Waals surface area contributed by atoms with E-state index in [0.717, 1.165) is 6.20 Å². The molecule has 114 valence electrons. The van der Waals surface area contributed by atoms with Gasteiger partial charge in [-0.25, -0.2) is 13.2 Å². The van der Waals surface area contributed by atoms with Crippen molar-refractivity contribution in [2.24, 2.45) is 0 Å². The van der Waals surface area contributed by atoms with Crippen LogP contribution in [0.3, 0.4) is 0 Å². The summed E-state index contributed by atoms with van der Waals surface area (Å²) in [5.41, 5.74) is -0.652. The summed E-state index contributed by atoms with van der Waals surface area (Å²) in [6.07, 6.45) is 1.79. The van der Waals surface area contributed by atoms with Crippen LogP contribution in [0.15, 0.2) is 11.2 Å². The van der Waals surface area contributed by atoms with Gasteiger partial charge in [0, 0.05) is 12.6 Å². The molecular weight excluding hydrogens is 282 g/mol. The Morgan fingerprint density at radius 1 is 1.45 bits per heavy atom. The van der Waals surface area contributed by atoms with Crippen molar-refractivity contribution in [3.05, 3.63) is 11.8 Å². The zero-order valence-corrected chi connectivity index (χ0v) is 13.2. The third kappa shape index (κ3) is 3.01. The Morgan fingerprint density at radius 2 is 2.05 bits per heavy atom. The Morgan fingerprint density at radius 3 is 2.55 bits per heavy atom. The predicted molar refractivity (Wildman–Crippen MR) is 73.9 cm³/mol. The van der Waals surface area contributed by atoms with E-state index in [1.54, 1.807) is 6.92 Å². The maximum absolute atomic E-state index is 12.6. The smallest absolute Gasteiger partial charge is 0.342 e. The topological polar surface area (TPSA) is 92.4 Å². The maximum Gasteiger partial charge on any atom is 0.342 e. The highest BCUT2D eigenvalue weighted by atomic mass is 32.2. The fourth-order valence-corrected chi connectivity index (χ4v) is 3.15. The van der Waals surface area contributed by atoms with E-state index >= 15 is 0 Å². The highest BCUT2D eigenvalue weighted by Gasteiger charge is 2.36. The predicted octanol–water partition coefficient (Wildman–Crippen LogP) is 1.40. The Hall–Kier alpha value is -1.41. The number of nitrogens with one attached hydrogen (secondary N) is 1. The van der Waals surface area contributed by atoms with E-state index in [-0.39, 0.29) is 17.2 Å². The molecule has 8 heteroatoms. The molecule has 0 amide bonds. The number of aromatic amines is 1. The van der Waals surface area contributed by atoms with Gasteiger partial charge in [-0.05, 0) is 27.2 Å². The van der Waals surface area contributed by atoms with Crippen molar-refractivity contribution in [1.29, 1.82) is 0 Å². The van der Waals surface area contributed by atoms with Gasteiger partial charge in [0.2, 0.25) is 0 Å². The average Bonchev–Trinajstić information content (AvgIpc) is 2.88. The molecule has 0 aliphatic rings. The number of ether oxygens (including phenoxy) is 1. The number of aromatic nitrogens is 2. The van der Waals surface area contributed by atoms with E-state index in [4.69, 9.17) is 4.74 Å². The highest BCUT2D eigenvalue weighted by molar-refractivity contribution is 7.89. The van der Waals surface area contributed by atoms with Gasteiger partial charge < -0.3 is 4.74 Å².